The van der Waals surface area contributed by atoms with E-state index in [1.165, 1.54) is 6.26 Å². The number of carbonyl (C=O) groups excluding carboxylic acids is 1. The van der Waals surface area contributed by atoms with Crippen LogP contribution in [-0.4, -0.2) is 47.0 Å². The van der Waals surface area contributed by atoms with Crippen LogP contribution in [0.1, 0.15) is 40.5 Å². The smallest absolute Gasteiger partial charge is 0.275 e. The van der Waals surface area contributed by atoms with Crippen LogP contribution in [-0.2, 0) is 17.8 Å². The molecule has 2 aromatic carbocycles. The van der Waals surface area contributed by atoms with Gasteiger partial charge in [-0.05, 0) is 30.2 Å². The number of hydrogen-bond acceptors (Lipinski definition) is 5. The van der Waals surface area contributed by atoms with Gasteiger partial charge in [-0.1, -0.05) is 59.6 Å². The van der Waals surface area contributed by atoms with Gasteiger partial charge in [0, 0.05) is 35.7 Å². The lowest BCUT2D eigenvalue weighted by atomic mass is 10.1. The van der Waals surface area contributed by atoms with Gasteiger partial charge in [-0.2, -0.15) is 0 Å². The highest BCUT2D eigenvalue weighted by molar-refractivity contribution is 6.35. The lowest BCUT2D eigenvalue weighted by Crippen LogP contribution is -2.40. The van der Waals surface area contributed by atoms with Gasteiger partial charge in [-0.15, -0.1) is 0 Å². The fourth-order valence-corrected chi connectivity index (χ4v) is 4.19. The average molecular weight is 474 g/mol. The number of amides is 1. The van der Waals surface area contributed by atoms with E-state index in [1.54, 1.807) is 11.0 Å². The van der Waals surface area contributed by atoms with Crippen LogP contribution in [0.4, 0.5) is 0 Å². The molecule has 0 N–H and O–H groups in total. The molecule has 0 unspecified atom stereocenters. The molecular weight excluding hydrogens is 449 g/mol. The van der Waals surface area contributed by atoms with Gasteiger partial charge in [0.25, 0.3) is 5.91 Å². The third-order valence-electron chi connectivity index (χ3n) is 5.63. The average Bonchev–Trinajstić information content (AvgIpc) is 3.29. The Morgan fingerprint density at radius 1 is 1.12 bits per heavy atom. The molecule has 1 fully saturated rings. The van der Waals surface area contributed by atoms with Crippen molar-refractivity contribution in [2.75, 3.05) is 26.3 Å². The SMILES string of the molecule is C[C@H](c1ccccc1)N(Cc1nc(C(=O)N2CCOCC2)co1)Cc1ccc(Cl)cc1Cl. The van der Waals surface area contributed by atoms with Crippen LogP contribution in [0.25, 0.3) is 0 Å². The maximum atomic E-state index is 12.7. The Hall–Kier alpha value is -2.38. The van der Waals surface area contributed by atoms with Crippen LogP contribution in [0.2, 0.25) is 10.0 Å². The van der Waals surface area contributed by atoms with Crippen LogP contribution in [0.5, 0.6) is 0 Å². The van der Waals surface area contributed by atoms with Gasteiger partial charge in [0.1, 0.15) is 6.26 Å². The number of morpholine rings is 1. The molecule has 3 aromatic rings. The van der Waals surface area contributed by atoms with E-state index >= 15 is 0 Å². The summed E-state index contributed by atoms with van der Waals surface area (Å²) in [5, 5.41) is 1.21. The zero-order valence-electron chi connectivity index (χ0n) is 17.8. The number of rotatable bonds is 7. The van der Waals surface area contributed by atoms with E-state index in [2.05, 4.69) is 28.9 Å². The first-order valence-corrected chi connectivity index (χ1v) is 11.3. The molecule has 1 atom stereocenters. The Bertz CT molecular complexity index is 1050. The summed E-state index contributed by atoms with van der Waals surface area (Å²) in [5.74, 6) is 0.348. The molecule has 6 nitrogen and oxygen atoms in total. The van der Waals surface area contributed by atoms with Crippen LogP contribution >= 0.6 is 23.2 Å². The van der Waals surface area contributed by atoms with Crippen LogP contribution < -0.4 is 0 Å². The van der Waals surface area contributed by atoms with Crippen LogP contribution in [0, 0.1) is 0 Å². The quantitative estimate of drug-likeness (QED) is 0.470. The summed E-state index contributed by atoms with van der Waals surface area (Å²) in [6.07, 6.45) is 1.44. The topological polar surface area (TPSA) is 58.8 Å². The molecule has 2 heterocycles. The number of carbonyl (C=O) groups is 1. The molecule has 0 spiro atoms. The minimum atomic E-state index is -0.133. The van der Waals surface area contributed by atoms with Gasteiger partial charge in [0.05, 0.1) is 19.8 Å². The first-order chi connectivity index (χ1) is 15.5. The van der Waals surface area contributed by atoms with Crippen molar-refractivity contribution in [3.05, 3.63) is 87.6 Å². The summed E-state index contributed by atoms with van der Waals surface area (Å²) < 4.78 is 11.0. The molecule has 4 rings (SSSR count). The fourth-order valence-electron chi connectivity index (χ4n) is 3.72. The second kappa shape index (κ2) is 10.5. The molecular formula is C24H25Cl2N3O3. The summed E-state index contributed by atoms with van der Waals surface area (Å²) >= 11 is 12.5. The number of benzene rings is 2. The molecule has 0 saturated carbocycles. The van der Waals surface area contributed by atoms with E-state index in [-0.39, 0.29) is 11.9 Å². The summed E-state index contributed by atoms with van der Waals surface area (Å²) in [6.45, 7) is 5.33. The van der Waals surface area contributed by atoms with Crippen molar-refractivity contribution in [1.82, 2.24) is 14.8 Å². The minimum Gasteiger partial charge on any atom is -0.447 e. The van der Waals surface area contributed by atoms with Crippen molar-refractivity contribution in [2.24, 2.45) is 0 Å². The molecule has 8 heteroatoms. The Morgan fingerprint density at radius 2 is 1.88 bits per heavy atom. The predicted octanol–water partition coefficient (Wildman–Crippen LogP) is 5.22. The minimum absolute atomic E-state index is 0.0632. The summed E-state index contributed by atoms with van der Waals surface area (Å²) in [7, 11) is 0. The molecule has 1 aromatic heterocycles. The van der Waals surface area contributed by atoms with Crippen molar-refractivity contribution in [3.8, 4) is 0 Å². The lowest BCUT2D eigenvalue weighted by Gasteiger charge is -2.29. The van der Waals surface area contributed by atoms with E-state index < -0.39 is 0 Å². The molecule has 1 aliphatic heterocycles. The van der Waals surface area contributed by atoms with Crippen molar-refractivity contribution in [2.45, 2.75) is 26.1 Å². The Kier molecular flexibility index (Phi) is 7.48. The Morgan fingerprint density at radius 3 is 2.59 bits per heavy atom. The second-order valence-corrected chi connectivity index (χ2v) is 8.60. The second-order valence-electron chi connectivity index (χ2n) is 7.76. The Labute approximate surface area is 197 Å². The molecule has 1 saturated heterocycles. The maximum Gasteiger partial charge on any atom is 0.275 e. The first kappa shape index (κ1) is 22.8. The Balaban J connectivity index is 1.55. The molecule has 168 valence electrons. The van der Waals surface area contributed by atoms with Crippen LogP contribution in [0.3, 0.4) is 0 Å². The van der Waals surface area contributed by atoms with Gasteiger partial charge in [-0.25, -0.2) is 4.98 Å². The number of halogens is 2. The number of nitrogens with zero attached hydrogens (tertiary/aromatic N) is 3. The number of oxazole rings is 1. The zero-order chi connectivity index (χ0) is 22.5. The normalized spacial score (nSPS) is 15.2. The van der Waals surface area contributed by atoms with E-state index in [9.17, 15) is 4.79 Å². The number of hydrogen-bond donors (Lipinski definition) is 0. The largest absolute Gasteiger partial charge is 0.447 e. The summed E-state index contributed by atoms with van der Waals surface area (Å²) in [6, 6.07) is 15.8. The van der Waals surface area contributed by atoms with Gasteiger partial charge >= 0.3 is 0 Å². The zero-order valence-corrected chi connectivity index (χ0v) is 19.4. The van der Waals surface area contributed by atoms with Crippen molar-refractivity contribution >= 4 is 29.1 Å². The van der Waals surface area contributed by atoms with Crippen molar-refractivity contribution < 1.29 is 13.9 Å². The fraction of sp³-hybridized carbons (Fsp3) is 0.333. The van der Waals surface area contributed by atoms with Crippen molar-refractivity contribution in [1.29, 1.82) is 0 Å². The van der Waals surface area contributed by atoms with Gasteiger partial charge in [0.15, 0.2) is 5.69 Å². The third kappa shape index (κ3) is 5.51. The van der Waals surface area contributed by atoms with E-state index in [0.29, 0.717) is 61.0 Å². The highest BCUT2D eigenvalue weighted by Gasteiger charge is 2.24. The van der Waals surface area contributed by atoms with Gasteiger partial charge in [-0.3, -0.25) is 9.69 Å². The standard InChI is InChI=1S/C24H25Cl2N3O3/c1-17(18-5-3-2-4-6-18)29(14-19-7-8-20(25)13-21(19)26)15-23-27-22(16-32-23)24(30)28-9-11-31-12-10-28/h2-8,13,16-17H,9-12,14-15H2,1H3/t17-/m1/s1. The summed E-state index contributed by atoms with van der Waals surface area (Å²) in [4.78, 5) is 21.2. The third-order valence-corrected chi connectivity index (χ3v) is 6.21. The molecule has 0 bridgehead atoms. The molecule has 32 heavy (non-hydrogen) atoms. The summed E-state index contributed by atoms with van der Waals surface area (Å²) in [5.41, 5.74) is 2.43. The molecule has 0 radical (unpaired) electrons. The highest BCUT2D eigenvalue weighted by Crippen LogP contribution is 2.28. The predicted molar refractivity (Wildman–Crippen MR) is 124 cm³/mol. The van der Waals surface area contributed by atoms with Crippen LogP contribution in [0.15, 0.2) is 59.2 Å². The van der Waals surface area contributed by atoms with Gasteiger partial charge < -0.3 is 14.1 Å². The number of ether oxygens (including phenoxy) is 1. The monoisotopic (exact) mass is 473 g/mol. The molecule has 1 aliphatic rings. The number of aromatic nitrogens is 1. The van der Waals surface area contributed by atoms with Gasteiger partial charge in [0.2, 0.25) is 5.89 Å². The van der Waals surface area contributed by atoms with E-state index in [1.807, 2.05) is 30.3 Å². The first-order valence-electron chi connectivity index (χ1n) is 10.6. The van der Waals surface area contributed by atoms with E-state index in [0.717, 1.165) is 11.1 Å². The van der Waals surface area contributed by atoms with E-state index in [4.69, 9.17) is 32.4 Å². The maximum absolute atomic E-state index is 12.7. The lowest BCUT2D eigenvalue weighted by molar-refractivity contribution is 0.0299. The highest BCUT2D eigenvalue weighted by atomic mass is 35.5. The molecule has 1 amide bonds. The molecule has 0 aliphatic carbocycles. The van der Waals surface area contributed by atoms with Crippen molar-refractivity contribution in [3.63, 3.8) is 0 Å².